The molecule has 3 nitrogen and oxygen atoms in total. The lowest BCUT2D eigenvalue weighted by atomic mass is 10.2. The molecule has 0 amide bonds. The Morgan fingerprint density at radius 3 is 2.40 bits per heavy atom. The van der Waals surface area contributed by atoms with E-state index in [0.717, 1.165) is 4.88 Å². The Labute approximate surface area is 102 Å². The fraction of sp³-hybridized carbons (Fsp3) is 0.667. The number of halogens is 2. The Hall–Kier alpha value is 0.130. The zero-order valence-corrected chi connectivity index (χ0v) is 10.9. The lowest BCUT2D eigenvalue weighted by molar-refractivity contribution is -0.145. The fourth-order valence-corrected chi connectivity index (χ4v) is 3.21. The highest BCUT2D eigenvalue weighted by atomic mass is 35.5. The average Bonchev–Trinajstić information content (AvgIpc) is 2.52. The van der Waals surface area contributed by atoms with Crippen LogP contribution < -0.4 is 0 Å². The Morgan fingerprint density at radius 1 is 1.33 bits per heavy atom. The molecule has 1 aliphatic heterocycles. The predicted octanol–water partition coefficient (Wildman–Crippen LogP) is 3.66. The van der Waals surface area contributed by atoms with Crippen molar-refractivity contribution < 1.29 is 9.47 Å². The van der Waals surface area contributed by atoms with Crippen LogP contribution in [0.1, 0.15) is 31.8 Å². The van der Waals surface area contributed by atoms with Crippen LogP contribution in [-0.4, -0.2) is 16.9 Å². The fourth-order valence-electron chi connectivity index (χ4n) is 1.67. The first-order valence-electron chi connectivity index (χ1n) is 4.56. The van der Waals surface area contributed by atoms with Crippen molar-refractivity contribution in [2.24, 2.45) is 0 Å². The predicted molar refractivity (Wildman–Crippen MR) is 60.6 cm³/mol. The number of aromatic nitrogens is 1. The van der Waals surface area contributed by atoms with Crippen molar-refractivity contribution in [1.82, 2.24) is 4.98 Å². The molecule has 0 spiro atoms. The molecule has 0 saturated carbocycles. The molecule has 0 aromatic carbocycles. The van der Waals surface area contributed by atoms with Gasteiger partial charge in [0.2, 0.25) is 0 Å². The molecule has 84 valence electrons. The molecule has 0 aliphatic carbocycles. The Morgan fingerprint density at radius 2 is 2.00 bits per heavy atom. The molecule has 1 aromatic rings. The van der Waals surface area contributed by atoms with Gasteiger partial charge in [-0.05, 0) is 20.8 Å². The molecule has 0 unspecified atom stereocenters. The van der Waals surface area contributed by atoms with Crippen molar-refractivity contribution in [3.8, 4) is 0 Å². The van der Waals surface area contributed by atoms with Gasteiger partial charge in [-0.1, -0.05) is 23.2 Å². The summed E-state index contributed by atoms with van der Waals surface area (Å²) in [5, 5.41) is 0.406. The topological polar surface area (TPSA) is 31.4 Å². The molecule has 6 heteroatoms. The summed E-state index contributed by atoms with van der Waals surface area (Å²) in [6.45, 7) is 5.70. The van der Waals surface area contributed by atoms with Gasteiger partial charge >= 0.3 is 0 Å². The summed E-state index contributed by atoms with van der Waals surface area (Å²) < 4.78 is 11.8. The number of thiazole rings is 1. The third-order valence-electron chi connectivity index (χ3n) is 2.15. The average molecular weight is 268 g/mol. The van der Waals surface area contributed by atoms with Crippen LogP contribution in [0.5, 0.6) is 0 Å². The van der Waals surface area contributed by atoms with Crippen molar-refractivity contribution in [3.63, 3.8) is 0 Å². The van der Waals surface area contributed by atoms with E-state index >= 15 is 0 Å². The minimum Gasteiger partial charge on any atom is -0.344 e. The van der Waals surface area contributed by atoms with Gasteiger partial charge in [0.1, 0.15) is 11.3 Å². The molecule has 1 aromatic heterocycles. The molecular weight excluding hydrogens is 257 g/mol. The van der Waals surface area contributed by atoms with E-state index in [9.17, 15) is 0 Å². The van der Waals surface area contributed by atoms with Crippen molar-refractivity contribution in [1.29, 1.82) is 0 Å². The molecule has 1 fully saturated rings. The van der Waals surface area contributed by atoms with Gasteiger partial charge in [-0.15, -0.1) is 11.3 Å². The molecular formula is C9H11Cl2NO2S. The highest BCUT2D eigenvalue weighted by Gasteiger charge is 2.41. The van der Waals surface area contributed by atoms with Crippen LogP contribution >= 0.6 is 34.5 Å². The van der Waals surface area contributed by atoms with Crippen molar-refractivity contribution >= 4 is 34.5 Å². The summed E-state index contributed by atoms with van der Waals surface area (Å²) in [6, 6.07) is 0. The van der Waals surface area contributed by atoms with Gasteiger partial charge in [-0.25, -0.2) is 4.98 Å². The van der Waals surface area contributed by atoms with Crippen molar-refractivity contribution in [2.75, 3.05) is 0 Å². The summed E-state index contributed by atoms with van der Waals surface area (Å²) in [5.74, 6) is -0.579. The highest BCUT2D eigenvalue weighted by molar-refractivity contribution is 7.16. The molecule has 0 bridgehead atoms. The lowest BCUT2D eigenvalue weighted by Crippen LogP contribution is -2.20. The zero-order chi connectivity index (χ0) is 11.2. The van der Waals surface area contributed by atoms with E-state index in [1.807, 2.05) is 20.8 Å². The van der Waals surface area contributed by atoms with Crippen LogP contribution in [0.15, 0.2) is 0 Å². The van der Waals surface area contributed by atoms with Gasteiger partial charge in [-0.2, -0.15) is 0 Å². The second kappa shape index (κ2) is 3.86. The largest absolute Gasteiger partial charge is 0.344 e. The minimum atomic E-state index is -0.579. The van der Waals surface area contributed by atoms with Crippen LogP contribution in [0.25, 0.3) is 0 Å². The standard InChI is InChI=1S/C9H11Cl2NO2S/c1-4-5(14-9(2,3)13-4)6-7(10)12-8(11)15-6/h4-5H,1-3H3/t4-,5+/m1/s1. The number of hydrogen-bond donors (Lipinski definition) is 0. The van der Waals surface area contributed by atoms with Gasteiger partial charge in [-0.3, -0.25) is 0 Å². The van der Waals surface area contributed by atoms with Gasteiger partial charge in [0.25, 0.3) is 0 Å². The lowest BCUT2D eigenvalue weighted by Gasteiger charge is -2.16. The third-order valence-corrected chi connectivity index (χ3v) is 3.77. The molecule has 1 saturated heterocycles. The Bertz CT molecular complexity index is 380. The molecule has 15 heavy (non-hydrogen) atoms. The monoisotopic (exact) mass is 267 g/mol. The van der Waals surface area contributed by atoms with Crippen LogP contribution in [0.4, 0.5) is 0 Å². The summed E-state index contributed by atoms with van der Waals surface area (Å²) in [7, 11) is 0. The maximum atomic E-state index is 5.96. The second-order valence-electron chi connectivity index (χ2n) is 3.88. The van der Waals surface area contributed by atoms with Gasteiger partial charge in [0.05, 0.1) is 11.0 Å². The molecule has 0 N–H and O–H groups in total. The summed E-state index contributed by atoms with van der Waals surface area (Å²) in [6.07, 6.45) is -0.230. The summed E-state index contributed by atoms with van der Waals surface area (Å²) in [4.78, 5) is 4.78. The second-order valence-corrected chi connectivity index (χ2v) is 5.85. The first kappa shape index (κ1) is 11.6. The van der Waals surface area contributed by atoms with Gasteiger partial charge < -0.3 is 9.47 Å². The quantitative estimate of drug-likeness (QED) is 0.778. The van der Waals surface area contributed by atoms with Crippen LogP contribution in [0, 0.1) is 0 Å². The third kappa shape index (κ3) is 2.29. The Balaban J connectivity index is 2.29. The minimum absolute atomic E-state index is 0.0472. The van der Waals surface area contributed by atoms with E-state index in [1.165, 1.54) is 11.3 Å². The number of rotatable bonds is 1. The van der Waals surface area contributed by atoms with E-state index < -0.39 is 5.79 Å². The summed E-state index contributed by atoms with van der Waals surface area (Å²) in [5.41, 5.74) is 0. The van der Waals surface area contributed by atoms with Crippen LogP contribution in [0.3, 0.4) is 0 Å². The van der Waals surface area contributed by atoms with Crippen molar-refractivity contribution in [3.05, 3.63) is 14.5 Å². The van der Waals surface area contributed by atoms with E-state index in [1.54, 1.807) is 0 Å². The van der Waals surface area contributed by atoms with E-state index in [0.29, 0.717) is 9.62 Å². The highest BCUT2D eigenvalue weighted by Crippen LogP contribution is 2.43. The number of hydrogen-bond acceptors (Lipinski definition) is 4. The SMILES string of the molecule is C[C@H]1OC(C)(C)O[C@@H]1c1sc(Cl)nc1Cl. The summed E-state index contributed by atoms with van der Waals surface area (Å²) >= 11 is 13.1. The molecule has 2 atom stereocenters. The van der Waals surface area contributed by atoms with E-state index in [-0.39, 0.29) is 12.2 Å². The molecule has 2 heterocycles. The smallest absolute Gasteiger partial charge is 0.185 e. The number of nitrogens with zero attached hydrogens (tertiary/aromatic N) is 1. The van der Waals surface area contributed by atoms with E-state index in [2.05, 4.69) is 4.98 Å². The zero-order valence-electron chi connectivity index (χ0n) is 8.58. The maximum absolute atomic E-state index is 5.96. The molecule has 0 radical (unpaired) electrons. The van der Waals surface area contributed by atoms with Gasteiger partial charge in [0.15, 0.2) is 10.3 Å². The van der Waals surface area contributed by atoms with E-state index in [4.69, 9.17) is 32.7 Å². The molecule has 2 rings (SSSR count). The first-order valence-corrected chi connectivity index (χ1v) is 6.13. The number of ether oxygens (including phenoxy) is 2. The van der Waals surface area contributed by atoms with Crippen LogP contribution in [0.2, 0.25) is 9.62 Å². The first-order chi connectivity index (χ1) is 6.89. The normalized spacial score (nSPS) is 29.7. The molecule has 1 aliphatic rings. The van der Waals surface area contributed by atoms with Gasteiger partial charge in [0, 0.05) is 0 Å². The maximum Gasteiger partial charge on any atom is 0.185 e. The van der Waals surface area contributed by atoms with Crippen LogP contribution in [-0.2, 0) is 9.47 Å². The van der Waals surface area contributed by atoms with Crippen molar-refractivity contribution in [2.45, 2.75) is 38.8 Å². The Kier molecular flexibility index (Phi) is 2.99.